The monoisotopic (exact) mass is 101 g/mol. The van der Waals surface area contributed by atoms with Gasteiger partial charge in [-0.25, -0.2) is 20.5 Å². The van der Waals surface area contributed by atoms with Gasteiger partial charge < -0.3 is 14.1 Å². The molecule has 20 valence electrons. The lowest BCUT2D eigenvalue weighted by Crippen LogP contribution is -1.75. The Kier molecular flexibility index (Phi) is 2.58. The molecular weight excluding hydrogens is 99.2 g/mol. The van der Waals surface area contributed by atoms with E-state index in [9.17, 15) is 0 Å². The average molecular weight is 101 g/mol. The Hall–Kier alpha value is 0.864. The summed E-state index contributed by atoms with van der Waals surface area (Å²) >= 11 is 0. The molecule has 0 amide bonds. The van der Waals surface area contributed by atoms with Crippen molar-refractivity contribution in [2.75, 3.05) is 0 Å². The Morgan fingerprint density at radius 1 is 1.50 bits per heavy atom. The Morgan fingerprint density at radius 2 is 1.50 bits per heavy atom. The lowest BCUT2D eigenvalue weighted by Gasteiger charge is -2.01. The Morgan fingerprint density at radius 3 is 1.50 bits per heavy atom. The van der Waals surface area contributed by atoms with Crippen LogP contribution in [0.5, 0.6) is 0 Å². The number of hydrogen-bond acceptors (Lipinski definition) is 0. The van der Waals surface area contributed by atoms with E-state index >= 15 is 0 Å². The van der Waals surface area contributed by atoms with E-state index in [0.29, 0.717) is 0 Å². The average Bonchev–Trinajstić information content (AvgIpc) is 0.811. The predicted octanol–water partition coefficient (Wildman–Crippen LogP) is -0.355. The standard InChI is InChI=1S/CH2PSi2/c2-1(3)4/h2H2/q-1. The maximum absolute atomic E-state index is 3.10. The molecule has 0 nitrogen and oxygen atoms in total. The number of rotatable bonds is 0. The van der Waals surface area contributed by atoms with E-state index < -0.39 is 0 Å². The minimum atomic E-state index is 0.944. The van der Waals surface area contributed by atoms with Crippen molar-refractivity contribution in [3.05, 3.63) is 4.91 Å². The fourth-order valence-corrected chi connectivity index (χ4v) is 0. The minimum absolute atomic E-state index is 0.944. The molecule has 1 atom stereocenters. The minimum Gasteiger partial charge on any atom is -0.316 e. The summed E-state index contributed by atoms with van der Waals surface area (Å²) in [6.07, 6.45) is 0. The van der Waals surface area contributed by atoms with E-state index in [1.54, 1.807) is 0 Å². The molecule has 0 N–H and O–H groups in total. The van der Waals surface area contributed by atoms with Crippen LogP contribution >= 0.6 is 9.24 Å². The van der Waals surface area contributed by atoms with Crippen molar-refractivity contribution in [2.45, 2.75) is 0 Å². The maximum atomic E-state index is 3.10. The molecule has 6 radical (unpaired) electrons. The SMILES string of the molecule is [Si][C-]([Si])P. The van der Waals surface area contributed by atoms with Crippen LogP contribution in [0, 0.1) is 4.91 Å². The quantitative estimate of drug-likeness (QED) is 0.222. The summed E-state index contributed by atoms with van der Waals surface area (Å²) in [7, 11) is 8.61. The van der Waals surface area contributed by atoms with Gasteiger partial charge in [0, 0.05) is 0 Å². The van der Waals surface area contributed by atoms with Crippen molar-refractivity contribution in [2.24, 2.45) is 0 Å². The highest BCUT2D eigenvalue weighted by Crippen LogP contribution is 1.91. The summed E-state index contributed by atoms with van der Waals surface area (Å²) in [4.78, 5) is 0.944. The number of hydrogen-bond donors (Lipinski definition) is 0. The molecule has 0 aromatic carbocycles. The molecule has 0 aliphatic heterocycles. The smallest absolute Gasteiger partial charge is 0.211 e. The normalized spacial score (nSPS) is 9.00. The molecule has 0 aliphatic carbocycles. The molecule has 0 aliphatic rings. The van der Waals surface area contributed by atoms with Crippen LogP contribution < -0.4 is 0 Å². The van der Waals surface area contributed by atoms with Gasteiger partial charge in [-0.05, 0) is 0 Å². The zero-order valence-corrected chi connectivity index (χ0v) is 5.23. The summed E-state index contributed by atoms with van der Waals surface area (Å²) in [6.45, 7) is 0. The van der Waals surface area contributed by atoms with Crippen LogP contribution in [0.3, 0.4) is 0 Å². The van der Waals surface area contributed by atoms with Crippen LogP contribution in [0.2, 0.25) is 0 Å². The van der Waals surface area contributed by atoms with Crippen molar-refractivity contribution in [3.8, 4) is 0 Å². The molecule has 0 bridgehead atoms. The third kappa shape index (κ3) is 13.3. The van der Waals surface area contributed by atoms with E-state index in [4.69, 9.17) is 0 Å². The van der Waals surface area contributed by atoms with Gasteiger partial charge in [0.05, 0.1) is 0 Å². The van der Waals surface area contributed by atoms with E-state index in [1.165, 1.54) is 0 Å². The Bertz CT molecular complexity index is 10.8. The van der Waals surface area contributed by atoms with Gasteiger partial charge in [-0.2, -0.15) is 0 Å². The van der Waals surface area contributed by atoms with Crippen molar-refractivity contribution in [3.63, 3.8) is 0 Å². The highest BCUT2D eigenvalue weighted by molar-refractivity contribution is 7.29. The van der Waals surface area contributed by atoms with E-state index in [-0.39, 0.29) is 0 Å². The summed E-state index contributed by atoms with van der Waals surface area (Å²) in [6, 6.07) is 0. The highest BCUT2D eigenvalue weighted by atomic mass is 31.0. The van der Waals surface area contributed by atoms with Gasteiger partial charge in [0.1, 0.15) is 0 Å². The first-order valence-corrected chi connectivity index (χ1v) is 2.37. The summed E-state index contributed by atoms with van der Waals surface area (Å²) in [5.74, 6) is 0. The van der Waals surface area contributed by atoms with Crippen LogP contribution in [0.15, 0.2) is 0 Å². The van der Waals surface area contributed by atoms with Gasteiger partial charge in [0.2, 0.25) is 0 Å². The van der Waals surface area contributed by atoms with Gasteiger partial charge >= 0.3 is 0 Å². The summed E-state index contributed by atoms with van der Waals surface area (Å²) in [5.41, 5.74) is 0. The van der Waals surface area contributed by atoms with E-state index in [0.717, 1.165) is 4.91 Å². The largest absolute Gasteiger partial charge is 0.316 e. The van der Waals surface area contributed by atoms with Gasteiger partial charge in [-0.15, -0.1) is 0 Å². The molecule has 4 heavy (non-hydrogen) atoms. The van der Waals surface area contributed by atoms with Gasteiger partial charge in [0.15, 0.2) is 0 Å². The van der Waals surface area contributed by atoms with Gasteiger partial charge in [-0.1, -0.05) is 0 Å². The molecule has 0 saturated carbocycles. The van der Waals surface area contributed by atoms with Crippen molar-refractivity contribution >= 4 is 29.7 Å². The zero-order chi connectivity index (χ0) is 3.58. The second-order valence-electron chi connectivity index (χ2n) is 0.414. The fourth-order valence-electron chi connectivity index (χ4n) is 0. The Labute approximate surface area is 35.4 Å². The molecule has 0 aromatic heterocycles. The summed E-state index contributed by atoms with van der Waals surface area (Å²) < 4.78 is 0. The molecule has 0 rings (SSSR count). The Balaban J connectivity index is 2.32. The van der Waals surface area contributed by atoms with Crippen LogP contribution in [0.4, 0.5) is 0 Å². The van der Waals surface area contributed by atoms with Crippen molar-refractivity contribution < 1.29 is 0 Å². The van der Waals surface area contributed by atoms with E-state index in [2.05, 4.69) is 29.7 Å². The molecule has 3 heteroatoms. The van der Waals surface area contributed by atoms with Crippen molar-refractivity contribution in [1.82, 2.24) is 0 Å². The van der Waals surface area contributed by atoms with Crippen LogP contribution in [0.25, 0.3) is 0 Å². The lowest BCUT2D eigenvalue weighted by atomic mass is 11.8. The van der Waals surface area contributed by atoms with Gasteiger partial charge in [-0.3, -0.25) is 0 Å². The van der Waals surface area contributed by atoms with E-state index in [1.807, 2.05) is 0 Å². The predicted molar refractivity (Wildman–Crippen MR) is 24.5 cm³/mol. The second kappa shape index (κ2) is 2.12. The van der Waals surface area contributed by atoms with Crippen LogP contribution in [0.1, 0.15) is 0 Å². The molecule has 0 fully saturated rings. The zero-order valence-electron chi connectivity index (χ0n) is 2.08. The van der Waals surface area contributed by atoms with Gasteiger partial charge in [0.25, 0.3) is 0 Å². The first-order chi connectivity index (χ1) is 1.73. The van der Waals surface area contributed by atoms with Crippen LogP contribution in [-0.2, 0) is 0 Å². The molecule has 1 unspecified atom stereocenters. The molecular formula is CH2PSi2-. The fraction of sp³-hybridized carbons (Fsp3) is 0. The highest BCUT2D eigenvalue weighted by Gasteiger charge is 1.46. The third-order valence-electron chi connectivity index (χ3n) is 0. The van der Waals surface area contributed by atoms with Crippen LogP contribution in [-0.4, -0.2) is 20.5 Å². The lowest BCUT2D eigenvalue weighted by molar-refractivity contribution is 2.42. The first-order valence-electron chi connectivity index (χ1n) is 0.789. The maximum Gasteiger partial charge on any atom is -0.211 e. The molecule has 0 aromatic rings. The molecule has 0 saturated heterocycles. The summed E-state index contributed by atoms with van der Waals surface area (Å²) in [5, 5.41) is 0. The topological polar surface area (TPSA) is 0 Å². The molecule has 0 heterocycles. The second-order valence-corrected chi connectivity index (χ2v) is 3.72. The van der Waals surface area contributed by atoms with Crippen molar-refractivity contribution in [1.29, 1.82) is 0 Å². The first kappa shape index (κ1) is 4.86. The third-order valence-corrected chi connectivity index (χ3v) is 0. The molecule has 0 spiro atoms.